The first-order valence-electron chi connectivity index (χ1n) is 8.87. The molecule has 0 spiro atoms. The summed E-state index contributed by atoms with van der Waals surface area (Å²) >= 11 is 0. The van der Waals surface area contributed by atoms with Gasteiger partial charge in [-0.05, 0) is 31.5 Å². The number of piperidine rings is 1. The molecular formula is C20H22N4O2. The SMILES string of the molecule is Cc1ncc(CN2CC[C@@H](Oc3ccc4cccnc4c3)[C@H](O)C2)cn1. The molecule has 3 heterocycles. The van der Waals surface area contributed by atoms with Gasteiger partial charge in [0.15, 0.2) is 0 Å². The minimum atomic E-state index is -0.533. The van der Waals surface area contributed by atoms with Gasteiger partial charge in [0.25, 0.3) is 0 Å². The molecule has 2 aromatic heterocycles. The Labute approximate surface area is 152 Å². The second kappa shape index (κ2) is 7.35. The molecule has 134 valence electrons. The van der Waals surface area contributed by atoms with E-state index in [1.807, 2.05) is 49.6 Å². The van der Waals surface area contributed by atoms with Crippen molar-refractivity contribution in [3.05, 3.63) is 60.3 Å². The lowest BCUT2D eigenvalue weighted by atomic mass is 10.0. The van der Waals surface area contributed by atoms with Gasteiger partial charge in [-0.25, -0.2) is 9.97 Å². The number of likely N-dealkylation sites (tertiary alicyclic amines) is 1. The number of aromatic nitrogens is 3. The first kappa shape index (κ1) is 16.9. The van der Waals surface area contributed by atoms with E-state index in [1.165, 1.54) is 0 Å². The molecule has 0 saturated carbocycles. The molecule has 1 aliphatic heterocycles. The van der Waals surface area contributed by atoms with Crippen molar-refractivity contribution < 1.29 is 9.84 Å². The standard InChI is InChI=1S/C20H22N4O2/c1-14-22-10-15(11-23-14)12-24-8-6-20(19(25)13-24)26-17-5-4-16-3-2-7-21-18(16)9-17/h2-5,7,9-11,19-20,25H,6,8,12-13H2,1H3/t19-,20-/m1/s1. The first-order valence-corrected chi connectivity index (χ1v) is 8.87. The van der Waals surface area contributed by atoms with Crippen LogP contribution >= 0.6 is 0 Å². The average Bonchev–Trinajstić information content (AvgIpc) is 2.66. The molecule has 2 atom stereocenters. The van der Waals surface area contributed by atoms with Crippen molar-refractivity contribution in [3.63, 3.8) is 0 Å². The molecule has 1 aromatic carbocycles. The topological polar surface area (TPSA) is 71.4 Å². The molecule has 0 radical (unpaired) electrons. The van der Waals surface area contributed by atoms with E-state index < -0.39 is 6.10 Å². The highest BCUT2D eigenvalue weighted by Gasteiger charge is 2.29. The molecule has 1 aliphatic rings. The Morgan fingerprint density at radius 1 is 1.19 bits per heavy atom. The summed E-state index contributed by atoms with van der Waals surface area (Å²) in [7, 11) is 0. The quantitative estimate of drug-likeness (QED) is 0.779. The van der Waals surface area contributed by atoms with Crippen LogP contribution in [0, 0.1) is 6.92 Å². The molecule has 4 rings (SSSR count). The fourth-order valence-corrected chi connectivity index (χ4v) is 3.31. The van der Waals surface area contributed by atoms with Gasteiger partial charge in [0.05, 0.1) is 5.52 Å². The Morgan fingerprint density at radius 2 is 2.04 bits per heavy atom. The summed E-state index contributed by atoms with van der Waals surface area (Å²) in [5.74, 6) is 1.52. The van der Waals surface area contributed by atoms with Crippen LogP contribution in [0.25, 0.3) is 10.9 Å². The molecule has 0 bridgehead atoms. The zero-order chi connectivity index (χ0) is 17.9. The molecule has 26 heavy (non-hydrogen) atoms. The van der Waals surface area contributed by atoms with Crippen LogP contribution < -0.4 is 4.74 Å². The van der Waals surface area contributed by atoms with Gasteiger partial charge in [0, 0.05) is 55.2 Å². The van der Waals surface area contributed by atoms with E-state index in [0.717, 1.165) is 47.6 Å². The number of hydrogen-bond donors (Lipinski definition) is 1. The van der Waals surface area contributed by atoms with Crippen molar-refractivity contribution in [2.75, 3.05) is 13.1 Å². The minimum absolute atomic E-state index is 0.207. The van der Waals surface area contributed by atoms with Crippen LogP contribution in [0.3, 0.4) is 0 Å². The maximum absolute atomic E-state index is 10.5. The third-order valence-corrected chi connectivity index (χ3v) is 4.71. The van der Waals surface area contributed by atoms with E-state index in [-0.39, 0.29) is 6.10 Å². The summed E-state index contributed by atoms with van der Waals surface area (Å²) in [6.07, 6.45) is 5.50. The Kier molecular flexibility index (Phi) is 4.77. The zero-order valence-corrected chi connectivity index (χ0v) is 14.7. The number of rotatable bonds is 4. The van der Waals surface area contributed by atoms with E-state index in [0.29, 0.717) is 6.54 Å². The molecule has 0 aliphatic carbocycles. The van der Waals surface area contributed by atoms with Crippen LogP contribution in [-0.4, -0.2) is 50.3 Å². The maximum atomic E-state index is 10.5. The van der Waals surface area contributed by atoms with Gasteiger partial charge >= 0.3 is 0 Å². The average molecular weight is 350 g/mol. The highest BCUT2D eigenvalue weighted by atomic mass is 16.5. The van der Waals surface area contributed by atoms with Gasteiger partial charge in [-0.3, -0.25) is 9.88 Å². The largest absolute Gasteiger partial charge is 0.488 e. The number of aryl methyl sites for hydroxylation is 1. The summed E-state index contributed by atoms with van der Waals surface area (Å²) < 4.78 is 6.05. The number of aliphatic hydroxyl groups is 1. The second-order valence-electron chi connectivity index (χ2n) is 6.74. The minimum Gasteiger partial charge on any atom is -0.488 e. The lowest BCUT2D eigenvalue weighted by Gasteiger charge is -2.35. The Balaban J connectivity index is 1.37. The number of aliphatic hydroxyl groups excluding tert-OH is 1. The van der Waals surface area contributed by atoms with Gasteiger partial charge in [0.2, 0.25) is 0 Å². The van der Waals surface area contributed by atoms with Crippen LogP contribution in [-0.2, 0) is 6.54 Å². The third kappa shape index (κ3) is 3.81. The Morgan fingerprint density at radius 3 is 2.85 bits per heavy atom. The van der Waals surface area contributed by atoms with E-state index in [4.69, 9.17) is 4.74 Å². The number of pyridine rings is 1. The van der Waals surface area contributed by atoms with Gasteiger partial charge in [-0.15, -0.1) is 0 Å². The van der Waals surface area contributed by atoms with Crippen LogP contribution in [0.5, 0.6) is 5.75 Å². The number of benzene rings is 1. The first-order chi connectivity index (χ1) is 12.7. The van der Waals surface area contributed by atoms with Crippen molar-refractivity contribution in [2.45, 2.75) is 32.1 Å². The van der Waals surface area contributed by atoms with Gasteiger partial charge in [-0.1, -0.05) is 6.07 Å². The lowest BCUT2D eigenvalue weighted by molar-refractivity contribution is -0.0275. The van der Waals surface area contributed by atoms with Crippen molar-refractivity contribution in [1.29, 1.82) is 0 Å². The number of nitrogens with zero attached hydrogens (tertiary/aromatic N) is 4. The van der Waals surface area contributed by atoms with Crippen molar-refractivity contribution >= 4 is 10.9 Å². The molecule has 3 aromatic rings. The summed E-state index contributed by atoms with van der Waals surface area (Å²) in [4.78, 5) is 15.0. The van der Waals surface area contributed by atoms with Gasteiger partial charge in [0.1, 0.15) is 23.8 Å². The van der Waals surface area contributed by atoms with E-state index in [9.17, 15) is 5.11 Å². The molecule has 1 N–H and O–H groups in total. The monoisotopic (exact) mass is 350 g/mol. The molecule has 6 heteroatoms. The fourth-order valence-electron chi connectivity index (χ4n) is 3.31. The fraction of sp³-hybridized carbons (Fsp3) is 0.350. The molecular weight excluding hydrogens is 328 g/mol. The maximum Gasteiger partial charge on any atom is 0.127 e. The smallest absolute Gasteiger partial charge is 0.127 e. The highest BCUT2D eigenvalue weighted by Crippen LogP contribution is 2.23. The lowest BCUT2D eigenvalue weighted by Crippen LogP contribution is -2.48. The predicted molar refractivity (Wildman–Crippen MR) is 98.8 cm³/mol. The van der Waals surface area contributed by atoms with E-state index in [2.05, 4.69) is 19.9 Å². The third-order valence-electron chi connectivity index (χ3n) is 4.71. The van der Waals surface area contributed by atoms with E-state index >= 15 is 0 Å². The number of β-amino-alcohol motifs (C(OH)–C–C–N with tert-alkyl or cyclic N) is 1. The Bertz CT molecular complexity index is 884. The number of ether oxygens (including phenoxy) is 1. The van der Waals surface area contributed by atoms with Crippen LogP contribution in [0.4, 0.5) is 0 Å². The van der Waals surface area contributed by atoms with Crippen molar-refractivity contribution in [3.8, 4) is 5.75 Å². The molecule has 1 fully saturated rings. The normalized spacial score (nSPS) is 21.0. The van der Waals surface area contributed by atoms with Gasteiger partial charge < -0.3 is 9.84 Å². The summed E-state index contributed by atoms with van der Waals surface area (Å²) in [5.41, 5.74) is 1.96. The number of hydrogen-bond acceptors (Lipinski definition) is 6. The van der Waals surface area contributed by atoms with Crippen LogP contribution in [0.15, 0.2) is 48.9 Å². The molecule has 1 saturated heterocycles. The zero-order valence-electron chi connectivity index (χ0n) is 14.7. The predicted octanol–water partition coefficient (Wildman–Crippen LogP) is 2.35. The second-order valence-corrected chi connectivity index (χ2v) is 6.74. The summed E-state index contributed by atoms with van der Waals surface area (Å²) in [6, 6.07) is 9.80. The van der Waals surface area contributed by atoms with Crippen LogP contribution in [0.2, 0.25) is 0 Å². The van der Waals surface area contributed by atoms with Crippen molar-refractivity contribution in [2.24, 2.45) is 0 Å². The van der Waals surface area contributed by atoms with Crippen LogP contribution in [0.1, 0.15) is 17.8 Å². The summed E-state index contributed by atoms with van der Waals surface area (Å²) in [5, 5.41) is 11.6. The van der Waals surface area contributed by atoms with Gasteiger partial charge in [-0.2, -0.15) is 0 Å². The summed E-state index contributed by atoms with van der Waals surface area (Å²) in [6.45, 7) is 4.05. The molecule has 6 nitrogen and oxygen atoms in total. The number of fused-ring (bicyclic) bond motifs is 1. The van der Waals surface area contributed by atoms with E-state index in [1.54, 1.807) is 6.20 Å². The van der Waals surface area contributed by atoms with Crippen molar-refractivity contribution in [1.82, 2.24) is 19.9 Å². The molecule has 0 amide bonds. The Hall–Kier alpha value is -2.57. The molecule has 0 unspecified atom stereocenters. The highest BCUT2D eigenvalue weighted by molar-refractivity contribution is 5.79.